The quantitative estimate of drug-likeness (QED) is 0.0589. The molecular formula is C36H70O4S. The lowest BCUT2D eigenvalue weighted by Crippen LogP contribution is -2.19. The van der Waals surface area contributed by atoms with Gasteiger partial charge in [-0.3, -0.25) is 9.59 Å². The van der Waals surface area contributed by atoms with Crippen LogP contribution in [0.15, 0.2) is 0 Å². The van der Waals surface area contributed by atoms with E-state index in [-0.39, 0.29) is 18.5 Å². The molecule has 4 nitrogen and oxygen atoms in total. The summed E-state index contributed by atoms with van der Waals surface area (Å²) in [5.74, 6) is 0.325. The third-order valence-electron chi connectivity index (χ3n) is 8.22. The number of aliphatic carboxylic acids is 1. The van der Waals surface area contributed by atoms with Crippen LogP contribution in [0.1, 0.15) is 200 Å². The van der Waals surface area contributed by atoms with E-state index in [0.29, 0.717) is 17.9 Å². The van der Waals surface area contributed by atoms with Crippen LogP contribution in [0.2, 0.25) is 0 Å². The van der Waals surface area contributed by atoms with Crippen LogP contribution in [0.5, 0.6) is 0 Å². The van der Waals surface area contributed by atoms with Gasteiger partial charge in [0, 0.05) is 11.5 Å². The lowest BCUT2D eigenvalue weighted by Gasteiger charge is -2.18. The van der Waals surface area contributed by atoms with Gasteiger partial charge in [-0.15, -0.1) is 0 Å². The highest BCUT2D eigenvalue weighted by atomic mass is 32.2. The molecule has 41 heavy (non-hydrogen) atoms. The summed E-state index contributed by atoms with van der Waals surface area (Å²) in [5.41, 5.74) is 0. The lowest BCUT2D eigenvalue weighted by molar-refractivity contribution is -0.149. The van der Waals surface area contributed by atoms with Gasteiger partial charge in [-0.2, -0.15) is 11.8 Å². The molecule has 0 saturated carbocycles. The van der Waals surface area contributed by atoms with Crippen molar-refractivity contribution < 1.29 is 19.4 Å². The number of hydrogen-bond donors (Lipinski definition) is 1. The van der Waals surface area contributed by atoms with Crippen molar-refractivity contribution >= 4 is 23.7 Å². The molecular weight excluding hydrogens is 528 g/mol. The predicted octanol–water partition coefficient (Wildman–Crippen LogP) is 12.1. The molecule has 0 radical (unpaired) electrons. The topological polar surface area (TPSA) is 63.6 Å². The van der Waals surface area contributed by atoms with E-state index in [2.05, 4.69) is 13.8 Å². The molecule has 1 unspecified atom stereocenters. The molecule has 0 fully saturated rings. The van der Waals surface area contributed by atoms with Gasteiger partial charge in [-0.05, 0) is 25.7 Å². The molecule has 0 aliphatic rings. The summed E-state index contributed by atoms with van der Waals surface area (Å²) in [5, 5.41) is 8.76. The van der Waals surface area contributed by atoms with Gasteiger partial charge < -0.3 is 9.84 Å². The number of esters is 1. The molecule has 0 bridgehead atoms. The Morgan fingerprint density at radius 1 is 0.512 bits per heavy atom. The van der Waals surface area contributed by atoms with E-state index < -0.39 is 5.97 Å². The van der Waals surface area contributed by atoms with Crippen molar-refractivity contribution in [1.29, 1.82) is 0 Å². The number of thioether (sulfide) groups is 1. The minimum atomic E-state index is -0.778. The Morgan fingerprint density at radius 2 is 0.829 bits per heavy atom. The summed E-state index contributed by atoms with van der Waals surface area (Å²) >= 11 is 1.53. The van der Waals surface area contributed by atoms with Gasteiger partial charge in [0.2, 0.25) is 0 Å². The van der Waals surface area contributed by atoms with E-state index in [4.69, 9.17) is 9.84 Å². The molecule has 0 aliphatic carbocycles. The van der Waals surface area contributed by atoms with Crippen LogP contribution in [-0.4, -0.2) is 34.7 Å². The van der Waals surface area contributed by atoms with E-state index in [0.717, 1.165) is 25.7 Å². The molecule has 0 saturated heterocycles. The van der Waals surface area contributed by atoms with Gasteiger partial charge in [0.25, 0.3) is 0 Å². The van der Waals surface area contributed by atoms with Crippen LogP contribution in [0, 0.1) is 0 Å². The second kappa shape index (κ2) is 33.8. The number of carbonyl (C=O) groups is 2. The summed E-state index contributed by atoms with van der Waals surface area (Å²) in [6.45, 7) is 4.55. The van der Waals surface area contributed by atoms with E-state index in [9.17, 15) is 9.59 Å². The molecule has 0 aromatic carbocycles. The summed E-state index contributed by atoms with van der Waals surface area (Å²) in [4.78, 5) is 23.1. The number of hydrogen-bond acceptors (Lipinski definition) is 4. The zero-order chi connectivity index (χ0) is 30.1. The zero-order valence-corrected chi connectivity index (χ0v) is 28.4. The molecule has 0 spiro atoms. The van der Waals surface area contributed by atoms with Crippen molar-refractivity contribution in [2.75, 3.05) is 11.5 Å². The number of rotatable bonds is 34. The molecule has 1 atom stereocenters. The van der Waals surface area contributed by atoms with Crippen LogP contribution < -0.4 is 0 Å². The first-order valence-electron chi connectivity index (χ1n) is 18.1. The molecule has 0 aromatic rings. The Labute approximate surface area is 260 Å². The first kappa shape index (κ1) is 40.3. The fourth-order valence-corrected chi connectivity index (χ4v) is 6.36. The molecule has 5 heteroatoms. The fourth-order valence-electron chi connectivity index (χ4n) is 5.53. The lowest BCUT2D eigenvalue weighted by atomic mass is 10.0. The summed E-state index contributed by atoms with van der Waals surface area (Å²) in [7, 11) is 0. The monoisotopic (exact) mass is 598 g/mol. The number of carbonyl (C=O) groups excluding carboxylic acids is 1. The van der Waals surface area contributed by atoms with E-state index >= 15 is 0 Å². The molecule has 0 aromatic heterocycles. The van der Waals surface area contributed by atoms with Crippen LogP contribution in [0.4, 0.5) is 0 Å². The second-order valence-corrected chi connectivity index (χ2v) is 13.6. The predicted molar refractivity (Wildman–Crippen MR) is 180 cm³/mol. The third-order valence-corrected chi connectivity index (χ3v) is 9.20. The Hall–Kier alpha value is -0.710. The summed E-state index contributed by atoms with van der Waals surface area (Å²) < 4.78 is 5.91. The Bertz CT molecular complexity index is 554. The average Bonchev–Trinajstić information content (AvgIpc) is 2.95. The molecule has 0 amide bonds. The van der Waals surface area contributed by atoms with Crippen molar-refractivity contribution in [2.24, 2.45) is 0 Å². The van der Waals surface area contributed by atoms with Gasteiger partial charge in [0.1, 0.15) is 6.10 Å². The third kappa shape index (κ3) is 33.7. The van der Waals surface area contributed by atoms with Crippen LogP contribution in [0.3, 0.4) is 0 Å². The van der Waals surface area contributed by atoms with E-state index in [1.165, 1.54) is 159 Å². The standard InChI is InChI=1S/C36H70O4S/c1-3-5-7-9-11-13-15-16-17-18-19-21-23-25-27-29-34(40-36(39)31-33-41-32-30-35(37)38)28-26-24-22-20-14-12-10-8-6-4-2/h34H,3-33H2,1-2H3,(H,37,38). The number of carboxylic acid groups (broad SMARTS) is 1. The largest absolute Gasteiger partial charge is 0.481 e. The first-order valence-corrected chi connectivity index (χ1v) is 19.2. The Morgan fingerprint density at radius 3 is 1.17 bits per heavy atom. The summed E-state index contributed by atoms with van der Waals surface area (Å²) in [6.07, 6.45) is 36.3. The highest BCUT2D eigenvalue weighted by Gasteiger charge is 2.14. The average molecular weight is 599 g/mol. The highest BCUT2D eigenvalue weighted by Crippen LogP contribution is 2.19. The van der Waals surface area contributed by atoms with Crippen LogP contribution in [0.25, 0.3) is 0 Å². The molecule has 1 N–H and O–H groups in total. The summed E-state index contributed by atoms with van der Waals surface area (Å²) in [6, 6.07) is 0. The number of ether oxygens (including phenoxy) is 1. The minimum absolute atomic E-state index is 0.0579. The molecule has 0 rings (SSSR count). The molecule has 244 valence electrons. The SMILES string of the molecule is CCCCCCCCCCCCCCCCCC(CCCCCCCCCCCC)OC(=O)CCSCCC(=O)O. The van der Waals surface area contributed by atoms with Crippen molar-refractivity contribution in [3.8, 4) is 0 Å². The van der Waals surface area contributed by atoms with Gasteiger partial charge >= 0.3 is 11.9 Å². The zero-order valence-electron chi connectivity index (χ0n) is 27.6. The van der Waals surface area contributed by atoms with Gasteiger partial charge in [-0.25, -0.2) is 0 Å². The van der Waals surface area contributed by atoms with Gasteiger partial charge in [0.15, 0.2) is 0 Å². The number of carboxylic acids is 1. The van der Waals surface area contributed by atoms with E-state index in [1.807, 2.05) is 0 Å². The maximum atomic E-state index is 12.4. The van der Waals surface area contributed by atoms with Crippen LogP contribution in [-0.2, 0) is 14.3 Å². The first-order chi connectivity index (χ1) is 20.1. The molecule has 0 heterocycles. The van der Waals surface area contributed by atoms with E-state index in [1.54, 1.807) is 0 Å². The fraction of sp³-hybridized carbons (Fsp3) is 0.944. The van der Waals surface area contributed by atoms with Crippen molar-refractivity contribution in [1.82, 2.24) is 0 Å². The number of unbranched alkanes of at least 4 members (excludes halogenated alkanes) is 23. The van der Waals surface area contributed by atoms with Crippen LogP contribution >= 0.6 is 11.8 Å². The Kier molecular flexibility index (Phi) is 33.2. The van der Waals surface area contributed by atoms with Gasteiger partial charge in [0.05, 0.1) is 12.8 Å². The maximum absolute atomic E-state index is 12.4. The van der Waals surface area contributed by atoms with Crippen molar-refractivity contribution in [3.05, 3.63) is 0 Å². The smallest absolute Gasteiger partial charge is 0.306 e. The maximum Gasteiger partial charge on any atom is 0.306 e. The minimum Gasteiger partial charge on any atom is -0.481 e. The highest BCUT2D eigenvalue weighted by molar-refractivity contribution is 7.99. The van der Waals surface area contributed by atoms with Crippen molar-refractivity contribution in [2.45, 2.75) is 206 Å². The normalized spacial score (nSPS) is 12.0. The second-order valence-electron chi connectivity index (χ2n) is 12.3. The van der Waals surface area contributed by atoms with Crippen molar-refractivity contribution in [3.63, 3.8) is 0 Å². The molecule has 0 aliphatic heterocycles. The van der Waals surface area contributed by atoms with Gasteiger partial charge in [-0.1, -0.05) is 162 Å². The Balaban J connectivity index is 3.97.